The molecule has 0 radical (unpaired) electrons. The van der Waals surface area contributed by atoms with Crippen LogP contribution >= 0.6 is 0 Å². The zero-order chi connectivity index (χ0) is 16.6. The fraction of sp³-hybridized carbons (Fsp3) is 0.882. The molecule has 2 amide bonds. The van der Waals surface area contributed by atoms with Crippen LogP contribution in [-0.4, -0.2) is 37.1 Å². The van der Waals surface area contributed by atoms with E-state index >= 15 is 0 Å². The van der Waals surface area contributed by atoms with Gasteiger partial charge in [-0.25, -0.2) is 0 Å². The summed E-state index contributed by atoms with van der Waals surface area (Å²) in [6, 6.07) is -0.508. The molecule has 1 rings (SSSR count). The van der Waals surface area contributed by atoms with E-state index in [0.29, 0.717) is 19.3 Å². The molecule has 1 aliphatic rings. The highest BCUT2D eigenvalue weighted by Crippen LogP contribution is 2.20. The van der Waals surface area contributed by atoms with E-state index in [9.17, 15) is 9.59 Å². The van der Waals surface area contributed by atoms with Crippen LogP contribution in [0.1, 0.15) is 66.2 Å². The van der Waals surface area contributed by atoms with Crippen molar-refractivity contribution in [2.75, 3.05) is 13.2 Å². The summed E-state index contributed by atoms with van der Waals surface area (Å²) >= 11 is 0. The highest BCUT2D eigenvalue weighted by molar-refractivity contribution is 5.89. The smallest absolute Gasteiger partial charge is 0.242 e. The van der Waals surface area contributed by atoms with Crippen LogP contribution in [0.5, 0.6) is 0 Å². The molecular weight excluding hydrogens is 280 g/mol. The van der Waals surface area contributed by atoms with Crippen molar-refractivity contribution in [1.82, 2.24) is 10.6 Å². The van der Waals surface area contributed by atoms with Crippen LogP contribution in [0, 0.1) is 5.41 Å². The average molecular weight is 312 g/mol. The van der Waals surface area contributed by atoms with Crippen LogP contribution in [0.4, 0.5) is 0 Å². The Balaban J connectivity index is 2.10. The lowest BCUT2D eigenvalue weighted by molar-refractivity contribution is -0.133. The van der Waals surface area contributed by atoms with Gasteiger partial charge in [-0.1, -0.05) is 40.0 Å². The van der Waals surface area contributed by atoms with Crippen LogP contribution in [0.15, 0.2) is 0 Å². The van der Waals surface area contributed by atoms with Gasteiger partial charge in [-0.05, 0) is 26.2 Å². The number of carbonyl (C=O) groups excluding carboxylic acids is 2. The van der Waals surface area contributed by atoms with E-state index in [1.165, 1.54) is 32.1 Å². The Morgan fingerprint density at radius 2 is 1.82 bits per heavy atom. The molecule has 1 fully saturated rings. The maximum Gasteiger partial charge on any atom is 0.242 e. The number of amides is 2. The zero-order valence-corrected chi connectivity index (χ0v) is 14.5. The number of nitrogens with one attached hydrogen (secondary N) is 2. The van der Waals surface area contributed by atoms with E-state index < -0.39 is 11.5 Å². The lowest BCUT2D eigenvalue weighted by Gasteiger charge is -2.22. The Morgan fingerprint density at radius 1 is 1.18 bits per heavy atom. The van der Waals surface area contributed by atoms with E-state index in [4.69, 9.17) is 4.74 Å². The highest BCUT2D eigenvalue weighted by atomic mass is 16.5. The van der Waals surface area contributed by atoms with Gasteiger partial charge in [0.2, 0.25) is 11.8 Å². The van der Waals surface area contributed by atoms with Gasteiger partial charge in [-0.2, -0.15) is 0 Å². The molecule has 0 heterocycles. The fourth-order valence-corrected chi connectivity index (χ4v) is 2.40. The molecule has 1 unspecified atom stereocenters. The highest BCUT2D eigenvalue weighted by Gasteiger charge is 2.24. The van der Waals surface area contributed by atoms with Gasteiger partial charge in [0.1, 0.15) is 6.04 Å². The van der Waals surface area contributed by atoms with E-state index in [-0.39, 0.29) is 11.8 Å². The van der Waals surface area contributed by atoms with Crippen molar-refractivity contribution >= 4 is 11.8 Å². The maximum atomic E-state index is 11.9. The molecule has 0 aromatic rings. The Hall–Kier alpha value is -1.10. The first-order chi connectivity index (χ1) is 10.3. The third-order valence-corrected chi connectivity index (χ3v) is 3.95. The first kappa shape index (κ1) is 18.9. The van der Waals surface area contributed by atoms with Crippen molar-refractivity contribution in [2.24, 2.45) is 5.41 Å². The van der Waals surface area contributed by atoms with Crippen LogP contribution in [0.25, 0.3) is 0 Å². The molecule has 5 nitrogen and oxygen atoms in total. The molecule has 2 N–H and O–H groups in total. The van der Waals surface area contributed by atoms with Crippen LogP contribution in [0.2, 0.25) is 0 Å². The minimum absolute atomic E-state index is 0.115. The number of hydrogen-bond acceptors (Lipinski definition) is 3. The van der Waals surface area contributed by atoms with Gasteiger partial charge >= 0.3 is 0 Å². The molecule has 128 valence electrons. The fourth-order valence-electron chi connectivity index (χ4n) is 2.40. The Kier molecular flexibility index (Phi) is 7.87. The molecule has 5 heteroatoms. The van der Waals surface area contributed by atoms with Crippen molar-refractivity contribution in [3.63, 3.8) is 0 Å². The zero-order valence-electron chi connectivity index (χ0n) is 14.5. The molecule has 0 bridgehead atoms. The number of rotatable bonds is 7. The predicted molar refractivity (Wildman–Crippen MR) is 87.5 cm³/mol. The first-order valence-corrected chi connectivity index (χ1v) is 8.51. The number of ether oxygens (including phenoxy) is 1. The normalized spacial score (nSPS) is 17.8. The van der Waals surface area contributed by atoms with Crippen LogP contribution in [-0.2, 0) is 14.3 Å². The van der Waals surface area contributed by atoms with Gasteiger partial charge in [0, 0.05) is 18.6 Å². The monoisotopic (exact) mass is 312 g/mol. The van der Waals surface area contributed by atoms with Crippen molar-refractivity contribution < 1.29 is 14.3 Å². The summed E-state index contributed by atoms with van der Waals surface area (Å²) in [6.07, 6.45) is 7.42. The van der Waals surface area contributed by atoms with Gasteiger partial charge in [0.15, 0.2) is 0 Å². The molecule has 0 spiro atoms. The third-order valence-electron chi connectivity index (χ3n) is 3.95. The Labute approximate surface area is 134 Å². The molecule has 0 aromatic carbocycles. The number of hydrogen-bond donors (Lipinski definition) is 2. The van der Waals surface area contributed by atoms with E-state index in [1.54, 1.807) is 6.92 Å². The molecule has 0 aromatic heterocycles. The molecule has 22 heavy (non-hydrogen) atoms. The summed E-state index contributed by atoms with van der Waals surface area (Å²) in [4.78, 5) is 23.7. The van der Waals surface area contributed by atoms with Gasteiger partial charge in [0.25, 0.3) is 0 Å². The quantitative estimate of drug-likeness (QED) is 0.709. The lowest BCUT2D eigenvalue weighted by atomic mass is 9.95. The lowest BCUT2D eigenvalue weighted by Crippen LogP contribution is -2.48. The third kappa shape index (κ3) is 7.25. The summed E-state index contributed by atoms with van der Waals surface area (Å²) in [5.41, 5.74) is -0.484. The van der Waals surface area contributed by atoms with Gasteiger partial charge in [0.05, 0.1) is 6.10 Å². The summed E-state index contributed by atoms with van der Waals surface area (Å²) in [5.74, 6) is -0.258. The second kappa shape index (κ2) is 9.13. The predicted octanol–water partition coefficient (Wildman–Crippen LogP) is 2.39. The molecule has 1 atom stereocenters. The summed E-state index contributed by atoms with van der Waals surface area (Å²) in [7, 11) is 0. The topological polar surface area (TPSA) is 67.4 Å². The van der Waals surface area contributed by atoms with E-state index in [2.05, 4.69) is 10.6 Å². The molecule has 0 saturated heterocycles. The van der Waals surface area contributed by atoms with Crippen LogP contribution < -0.4 is 10.6 Å². The minimum atomic E-state index is -0.508. The van der Waals surface area contributed by atoms with Crippen LogP contribution in [0.3, 0.4) is 0 Å². The second-order valence-corrected chi connectivity index (χ2v) is 7.22. The Bertz CT molecular complexity index is 357. The van der Waals surface area contributed by atoms with E-state index in [1.807, 2.05) is 20.8 Å². The van der Waals surface area contributed by atoms with Gasteiger partial charge in [-0.3, -0.25) is 9.59 Å². The van der Waals surface area contributed by atoms with E-state index in [0.717, 1.165) is 6.42 Å². The standard InChI is InChI=1S/C17H32N2O3/c1-13(19-16(21)17(2,3)4)15(20)18-11-8-12-22-14-9-6-5-7-10-14/h13-14H,5-12H2,1-4H3,(H,18,20)(H,19,21). The van der Waals surface area contributed by atoms with Crippen molar-refractivity contribution in [3.8, 4) is 0 Å². The second-order valence-electron chi connectivity index (χ2n) is 7.22. The SMILES string of the molecule is CC(NC(=O)C(C)(C)C)C(=O)NCCCOC1CCCCC1. The average Bonchev–Trinajstić information content (AvgIpc) is 2.46. The summed E-state index contributed by atoms with van der Waals surface area (Å²) < 4.78 is 5.81. The maximum absolute atomic E-state index is 11.9. The van der Waals surface area contributed by atoms with Crippen molar-refractivity contribution in [1.29, 1.82) is 0 Å². The van der Waals surface area contributed by atoms with Gasteiger partial charge < -0.3 is 15.4 Å². The first-order valence-electron chi connectivity index (χ1n) is 8.51. The minimum Gasteiger partial charge on any atom is -0.378 e. The van der Waals surface area contributed by atoms with Crippen molar-refractivity contribution in [3.05, 3.63) is 0 Å². The molecule has 1 saturated carbocycles. The molecular formula is C17H32N2O3. The Morgan fingerprint density at radius 3 is 2.41 bits per heavy atom. The summed E-state index contributed by atoms with van der Waals surface area (Å²) in [6.45, 7) is 8.47. The molecule has 1 aliphatic carbocycles. The molecule has 0 aliphatic heterocycles. The summed E-state index contributed by atoms with van der Waals surface area (Å²) in [5, 5.41) is 5.57. The largest absolute Gasteiger partial charge is 0.378 e. The van der Waals surface area contributed by atoms with Crippen molar-refractivity contribution in [2.45, 2.75) is 78.4 Å². The van der Waals surface area contributed by atoms with Gasteiger partial charge in [-0.15, -0.1) is 0 Å². The number of carbonyl (C=O) groups is 2.